The summed E-state index contributed by atoms with van der Waals surface area (Å²) in [6.45, 7) is 0. The fraction of sp³-hybridized carbons (Fsp3) is 0. The van der Waals surface area contributed by atoms with E-state index < -0.39 is 7.92 Å². The van der Waals surface area contributed by atoms with Crippen LogP contribution in [-0.2, 0) is 0 Å². The molecule has 0 aliphatic heterocycles. The lowest BCUT2D eigenvalue weighted by Gasteiger charge is -2.19. The molecule has 0 amide bonds. The number of hydrogen-bond acceptors (Lipinski definition) is 2. The van der Waals surface area contributed by atoms with Crippen LogP contribution in [0.4, 0.5) is 5.69 Å². The van der Waals surface area contributed by atoms with E-state index >= 15 is 0 Å². The van der Waals surface area contributed by atoms with Crippen molar-refractivity contribution >= 4 is 41.7 Å². The average Bonchev–Trinajstić information content (AvgIpc) is 2.80. The third-order valence-electron chi connectivity index (χ3n) is 4.75. The van der Waals surface area contributed by atoms with E-state index in [0.29, 0.717) is 0 Å². The van der Waals surface area contributed by atoms with E-state index in [-0.39, 0.29) is 10.6 Å². The van der Waals surface area contributed by atoms with Crippen molar-refractivity contribution < 1.29 is 4.92 Å². The highest BCUT2D eigenvalue weighted by molar-refractivity contribution is 7.79. The smallest absolute Gasteiger partial charge is 0.258 e. The van der Waals surface area contributed by atoms with Crippen molar-refractivity contribution in [3.05, 3.63) is 130 Å². The first kappa shape index (κ1) is 19.8. The molecule has 30 heavy (non-hydrogen) atoms. The Balaban J connectivity index is 1.58. The van der Waals surface area contributed by atoms with Crippen LogP contribution in [0, 0.1) is 10.1 Å². The molecule has 0 saturated carbocycles. The Morgan fingerprint density at radius 1 is 0.567 bits per heavy atom. The molecule has 0 radical (unpaired) electrons. The molecule has 4 aromatic carbocycles. The Hall–Kier alpha value is -3.55. The molecule has 4 heteroatoms. The molecule has 3 nitrogen and oxygen atoms in total. The first-order chi connectivity index (χ1) is 14.7. The molecule has 0 bridgehead atoms. The predicted octanol–water partition coefficient (Wildman–Crippen LogP) is 5.52. The molecule has 0 heterocycles. The molecule has 0 unspecified atom stereocenters. The van der Waals surface area contributed by atoms with Crippen LogP contribution in [0.25, 0.3) is 12.2 Å². The maximum atomic E-state index is 10.8. The molecule has 4 aromatic rings. The van der Waals surface area contributed by atoms with Crippen LogP contribution in [0.5, 0.6) is 0 Å². The van der Waals surface area contributed by atoms with Gasteiger partial charge >= 0.3 is 0 Å². The molecule has 0 aliphatic rings. The van der Waals surface area contributed by atoms with Gasteiger partial charge in [-0.15, -0.1) is 0 Å². The van der Waals surface area contributed by atoms with E-state index in [4.69, 9.17) is 0 Å². The molecule has 0 N–H and O–H groups in total. The number of rotatable bonds is 6. The maximum Gasteiger partial charge on any atom is 0.269 e. The second kappa shape index (κ2) is 9.30. The summed E-state index contributed by atoms with van der Waals surface area (Å²) in [5.74, 6) is 0. The standard InChI is InChI=1S/C26H20NO2P/c28-27(29)23-17-13-21(14-18-23)11-12-22-15-19-26(20-16-22)30(24-7-3-1-4-8-24)25-9-5-2-6-10-25/h1-20H. The van der Waals surface area contributed by atoms with Crippen LogP contribution in [0.15, 0.2) is 109 Å². The molecule has 0 saturated heterocycles. The number of hydrogen-bond donors (Lipinski definition) is 0. The van der Waals surface area contributed by atoms with Gasteiger partial charge in [-0.3, -0.25) is 10.1 Å². The van der Waals surface area contributed by atoms with Gasteiger partial charge in [-0.1, -0.05) is 97.1 Å². The predicted molar refractivity (Wildman–Crippen MR) is 127 cm³/mol. The average molecular weight is 409 g/mol. The van der Waals surface area contributed by atoms with Crippen molar-refractivity contribution in [2.45, 2.75) is 0 Å². The van der Waals surface area contributed by atoms with Crippen LogP contribution >= 0.6 is 7.92 Å². The Morgan fingerprint density at radius 3 is 1.40 bits per heavy atom. The SMILES string of the molecule is O=[N+]([O-])c1ccc(C=Cc2ccc(P(c3ccccc3)c3ccccc3)cc2)cc1. The van der Waals surface area contributed by atoms with E-state index in [1.807, 2.05) is 24.3 Å². The molecule has 0 spiro atoms. The summed E-state index contributed by atoms with van der Waals surface area (Å²) in [5.41, 5.74) is 2.13. The Bertz CT molecular complexity index is 1100. The van der Waals surface area contributed by atoms with Crippen molar-refractivity contribution in [1.29, 1.82) is 0 Å². The number of non-ortho nitro benzene ring substituents is 1. The summed E-state index contributed by atoms with van der Waals surface area (Å²) in [4.78, 5) is 10.4. The van der Waals surface area contributed by atoms with Crippen molar-refractivity contribution in [3.63, 3.8) is 0 Å². The minimum Gasteiger partial charge on any atom is -0.258 e. The van der Waals surface area contributed by atoms with E-state index in [1.54, 1.807) is 12.1 Å². The summed E-state index contributed by atoms with van der Waals surface area (Å²) in [5, 5.41) is 14.7. The topological polar surface area (TPSA) is 43.1 Å². The van der Waals surface area contributed by atoms with Crippen molar-refractivity contribution in [3.8, 4) is 0 Å². The lowest BCUT2D eigenvalue weighted by atomic mass is 10.1. The van der Waals surface area contributed by atoms with Gasteiger partial charge in [0.2, 0.25) is 0 Å². The summed E-state index contributed by atoms with van der Waals surface area (Å²) >= 11 is 0. The number of benzene rings is 4. The van der Waals surface area contributed by atoms with Gasteiger partial charge in [-0.25, -0.2) is 0 Å². The lowest BCUT2D eigenvalue weighted by Crippen LogP contribution is -2.20. The molecule has 0 aliphatic carbocycles. The second-order valence-corrected chi connectivity index (χ2v) is 9.00. The summed E-state index contributed by atoms with van der Waals surface area (Å²) in [7, 11) is -0.609. The molecular formula is C26H20NO2P. The quantitative estimate of drug-likeness (QED) is 0.182. The fourth-order valence-corrected chi connectivity index (χ4v) is 5.52. The maximum absolute atomic E-state index is 10.8. The molecular weight excluding hydrogens is 389 g/mol. The minimum absolute atomic E-state index is 0.103. The van der Waals surface area contributed by atoms with E-state index in [1.165, 1.54) is 28.0 Å². The van der Waals surface area contributed by atoms with E-state index in [0.717, 1.165) is 11.1 Å². The normalized spacial score (nSPS) is 11.1. The first-order valence-corrected chi connectivity index (χ1v) is 11.0. The highest BCUT2D eigenvalue weighted by atomic mass is 31.1. The van der Waals surface area contributed by atoms with Gasteiger partial charge in [0, 0.05) is 12.1 Å². The van der Waals surface area contributed by atoms with E-state index in [2.05, 4.69) is 72.8 Å². The van der Waals surface area contributed by atoms with Crippen molar-refractivity contribution in [2.24, 2.45) is 0 Å². The third kappa shape index (κ3) is 4.71. The molecule has 4 rings (SSSR count). The minimum atomic E-state index is -0.609. The highest BCUT2D eigenvalue weighted by Gasteiger charge is 2.15. The monoisotopic (exact) mass is 409 g/mol. The summed E-state index contributed by atoms with van der Waals surface area (Å²) < 4.78 is 0. The molecule has 146 valence electrons. The van der Waals surface area contributed by atoms with Gasteiger partial charge in [0.1, 0.15) is 0 Å². The van der Waals surface area contributed by atoms with Crippen LogP contribution < -0.4 is 15.9 Å². The van der Waals surface area contributed by atoms with Gasteiger partial charge in [0.25, 0.3) is 5.69 Å². The number of nitro groups is 1. The van der Waals surface area contributed by atoms with Gasteiger partial charge in [-0.05, 0) is 47.1 Å². The number of nitrogens with zero attached hydrogens (tertiary/aromatic N) is 1. The van der Waals surface area contributed by atoms with Crippen LogP contribution in [0.3, 0.4) is 0 Å². The first-order valence-electron chi connectivity index (χ1n) is 9.63. The Labute approximate surface area is 177 Å². The largest absolute Gasteiger partial charge is 0.269 e. The summed E-state index contributed by atoms with van der Waals surface area (Å²) in [6, 6.07) is 36.4. The summed E-state index contributed by atoms with van der Waals surface area (Å²) in [6.07, 6.45) is 3.99. The highest BCUT2D eigenvalue weighted by Crippen LogP contribution is 2.32. The zero-order valence-electron chi connectivity index (χ0n) is 16.3. The van der Waals surface area contributed by atoms with Gasteiger partial charge in [-0.2, -0.15) is 0 Å². The zero-order chi connectivity index (χ0) is 20.8. The fourth-order valence-electron chi connectivity index (χ4n) is 3.24. The van der Waals surface area contributed by atoms with E-state index in [9.17, 15) is 10.1 Å². The van der Waals surface area contributed by atoms with Crippen LogP contribution in [0.2, 0.25) is 0 Å². The van der Waals surface area contributed by atoms with Gasteiger partial charge in [0.05, 0.1) is 4.92 Å². The zero-order valence-corrected chi connectivity index (χ0v) is 17.2. The Kier molecular flexibility index (Phi) is 6.12. The Morgan fingerprint density at radius 2 is 0.967 bits per heavy atom. The van der Waals surface area contributed by atoms with Gasteiger partial charge < -0.3 is 0 Å². The second-order valence-electron chi connectivity index (χ2n) is 6.78. The lowest BCUT2D eigenvalue weighted by molar-refractivity contribution is -0.384. The van der Waals surface area contributed by atoms with Gasteiger partial charge in [0.15, 0.2) is 0 Å². The third-order valence-corrected chi connectivity index (χ3v) is 7.20. The van der Waals surface area contributed by atoms with Crippen molar-refractivity contribution in [2.75, 3.05) is 0 Å². The van der Waals surface area contributed by atoms with Crippen LogP contribution in [0.1, 0.15) is 11.1 Å². The van der Waals surface area contributed by atoms with Crippen LogP contribution in [-0.4, -0.2) is 4.92 Å². The molecule has 0 fully saturated rings. The number of nitro benzene ring substituents is 1. The van der Waals surface area contributed by atoms with Crippen molar-refractivity contribution in [1.82, 2.24) is 0 Å². The molecule has 0 atom stereocenters. The molecule has 0 aromatic heterocycles.